The Hall–Kier alpha value is -2.71. The molecule has 0 radical (unpaired) electrons. The fourth-order valence-corrected chi connectivity index (χ4v) is 3.86. The molecule has 3 rings (SSSR count). The van der Waals surface area contributed by atoms with Gasteiger partial charge in [-0.2, -0.15) is 0 Å². The summed E-state index contributed by atoms with van der Waals surface area (Å²) in [5.74, 6) is -0.569. The molecule has 1 aromatic heterocycles. The van der Waals surface area contributed by atoms with Gasteiger partial charge in [-0.1, -0.05) is 28.8 Å². The highest BCUT2D eigenvalue weighted by atomic mass is 32.2. The minimum absolute atomic E-state index is 0.238. The van der Waals surface area contributed by atoms with Crippen molar-refractivity contribution in [1.82, 2.24) is 9.59 Å². The van der Waals surface area contributed by atoms with Crippen molar-refractivity contribution in [3.8, 4) is 11.3 Å². The molecule has 0 fully saturated rings. The molecule has 0 aliphatic carbocycles. The summed E-state index contributed by atoms with van der Waals surface area (Å²) in [5.41, 5.74) is 2.92. The molecule has 0 bridgehead atoms. The van der Waals surface area contributed by atoms with E-state index < -0.39 is 5.25 Å². The number of aromatic nitrogens is 2. The molecule has 6 nitrogen and oxygen atoms in total. The summed E-state index contributed by atoms with van der Waals surface area (Å²) in [4.78, 5) is 25.1. The first-order valence-corrected chi connectivity index (χ1v) is 9.82. The number of anilines is 1. The third-order valence-corrected chi connectivity index (χ3v) is 5.43. The number of amides is 1. The second-order valence-corrected chi connectivity index (χ2v) is 7.59. The van der Waals surface area contributed by atoms with E-state index in [1.54, 1.807) is 19.1 Å². The number of benzene rings is 2. The van der Waals surface area contributed by atoms with E-state index in [0.29, 0.717) is 11.3 Å². The van der Waals surface area contributed by atoms with Crippen molar-refractivity contribution in [3.63, 3.8) is 0 Å². The predicted octanol–water partition coefficient (Wildman–Crippen LogP) is 4.11. The zero-order valence-corrected chi connectivity index (χ0v) is 16.3. The number of nitrogens with zero attached hydrogens (tertiary/aromatic N) is 2. The van der Waals surface area contributed by atoms with E-state index in [1.807, 2.05) is 41.8 Å². The number of carbonyl (C=O) groups excluding carboxylic acids is 2. The molecule has 8 heteroatoms. The van der Waals surface area contributed by atoms with E-state index in [2.05, 4.69) is 14.9 Å². The quantitative estimate of drug-likeness (QED) is 0.496. The van der Waals surface area contributed by atoms with Crippen LogP contribution in [0.1, 0.15) is 17.3 Å². The van der Waals surface area contributed by atoms with Crippen molar-refractivity contribution >= 4 is 40.9 Å². The van der Waals surface area contributed by atoms with Crippen LogP contribution in [-0.2, 0) is 9.53 Å². The minimum atomic E-state index is -0.407. The van der Waals surface area contributed by atoms with Gasteiger partial charge in [0.25, 0.3) is 5.91 Å². The number of methoxy groups -OCH3 is 1. The number of rotatable bonds is 6. The van der Waals surface area contributed by atoms with Crippen LogP contribution in [0.5, 0.6) is 0 Å². The molecule has 1 unspecified atom stereocenters. The van der Waals surface area contributed by atoms with Gasteiger partial charge in [-0.3, -0.25) is 9.59 Å². The van der Waals surface area contributed by atoms with Crippen molar-refractivity contribution in [2.45, 2.75) is 17.1 Å². The smallest absolute Gasteiger partial charge is 0.318 e. The van der Waals surface area contributed by atoms with Gasteiger partial charge in [0.15, 0.2) is 0 Å². The molecule has 0 saturated carbocycles. The maximum atomic E-state index is 12.7. The van der Waals surface area contributed by atoms with Crippen molar-refractivity contribution in [1.29, 1.82) is 0 Å². The van der Waals surface area contributed by atoms with Crippen molar-refractivity contribution in [2.75, 3.05) is 12.4 Å². The molecule has 27 heavy (non-hydrogen) atoms. The van der Waals surface area contributed by atoms with Crippen LogP contribution in [-0.4, -0.2) is 33.8 Å². The summed E-state index contributed by atoms with van der Waals surface area (Å²) in [6.45, 7) is 1.75. The lowest BCUT2D eigenvalue weighted by Gasteiger charge is -2.13. The maximum absolute atomic E-state index is 12.7. The van der Waals surface area contributed by atoms with Crippen molar-refractivity contribution < 1.29 is 14.3 Å². The lowest BCUT2D eigenvalue weighted by Crippen LogP contribution is -2.17. The van der Waals surface area contributed by atoms with Crippen LogP contribution in [0.4, 0.5) is 5.69 Å². The van der Waals surface area contributed by atoms with Crippen LogP contribution in [0.2, 0.25) is 0 Å². The third-order valence-electron chi connectivity index (χ3n) is 3.77. The standard InChI is InChI=1S/C19H17N3O3S2/c1-12(19(24)25-2)27-17-6-4-3-5-15(17)18(23)20-14-9-7-13(8-10-14)16-11-26-22-21-16/h3-12H,1-2H3,(H,20,23). The number of thioether (sulfide) groups is 1. The SMILES string of the molecule is COC(=O)C(C)Sc1ccccc1C(=O)Nc1ccc(-c2csnn2)cc1. The van der Waals surface area contributed by atoms with E-state index in [1.165, 1.54) is 30.4 Å². The second-order valence-electron chi connectivity index (χ2n) is 5.60. The second kappa shape index (κ2) is 8.79. The van der Waals surface area contributed by atoms with Gasteiger partial charge in [0.1, 0.15) is 10.9 Å². The number of nitrogens with one attached hydrogen (secondary N) is 1. The highest BCUT2D eigenvalue weighted by Crippen LogP contribution is 2.28. The first kappa shape index (κ1) is 19.1. The Labute approximate surface area is 165 Å². The molecule has 1 heterocycles. The summed E-state index contributed by atoms with van der Waals surface area (Å²) in [6.07, 6.45) is 0. The fourth-order valence-electron chi connectivity index (χ4n) is 2.37. The predicted molar refractivity (Wildman–Crippen MR) is 107 cm³/mol. The summed E-state index contributed by atoms with van der Waals surface area (Å²) in [7, 11) is 1.35. The number of hydrogen-bond acceptors (Lipinski definition) is 7. The number of carbonyl (C=O) groups is 2. The lowest BCUT2D eigenvalue weighted by molar-refractivity contribution is -0.139. The molecule has 0 aliphatic heterocycles. The van der Waals surface area contributed by atoms with Crippen LogP contribution in [0.3, 0.4) is 0 Å². The largest absolute Gasteiger partial charge is 0.468 e. The van der Waals surface area contributed by atoms with Crippen molar-refractivity contribution in [3.05, 3.63) is 59.5 Å². The summed E-state index contributed by atoms with van der Waals surface area (Å²) < 4.78 is 8.60. The first-order valence-electron chi connectivity index (χ1n) is 8.11. The molecule has 0 saturated heterocycles. The Morgan fingerprint density at radius 3 is 2.56 bits per heavy atom. The van der Waals surface area contributed by atoms with E-state index in [-0.39, 0.29) is 11.9 Å². The summed E-state index contributed by atoms with van der Waals surface area (Å²) >= 11 is 2.58. The Bertz CT molecular complexity index is 928. The van der Waals surface area contributed by atoms with Crippen LogP contribution >= 0.6 is 23.3 Å². The summed E-state index contributed by atoms with van der Waals surface area (Å²) in [6, 6.07) is 14.6. The Morgan fingerprint density at radius 1 is 1.15 bits per heavy atom. The average molecular weight is 399 g/mol. The van der Waals surface area contributed by atoms with E-state index in [4.69, 9.17) is 4.74 Å². The number of esters is 1. The molecule has 1 amide bonds. The van der Waals surface area contributed by atoms with Gasteiger partial charge in [0.05, 0.1) is 12.7 Å². The highest BCUT2D eigenvalue weighted by molar-refractivity contribution is 8.00. The van der Waals surface area contributed by atoms with Gasteiger partial charge >= 0.3 is 5.97 Å². The van der Waals surface area contributed by atoms with Gasteiger partial charge in [0.2, 0.25) is 0 Å². The topological polar surface area (TPSA) is 81.2 Å². The molecular weight excluding hydrogens is 382 g/mol. The highest BCUT2D eigenvalue weighted by Gasteiger charge is 2.19. The zero-order valence-electron chi connectivity index (χ0n) is 14.7. The summed E-state index contributed by atoms with van der Waals surface area (Å²) in [5, 5.41) is 8.37. The third kappa shape index (κ3) is 4.72. The van der Waals surface area contributed by atoms with E-state index in [9.17, 15) is 9.59 Å². The van der Waals surface area contributed by atoms with Gasteiger partial charge < -0.3 is 10.1 Å². The molecule has 0 aliphatic rings. The molecule has 3 aromatic rings. The van der Waals surface area contributed by atoms with Gasteiger partial charge in [-0.25, -0.2) is 0 Å². The molecule has 0 spiro atoms. The number of hydrogen-bond donors (Lipinski definition) is 1. The van der Waals surface area contributed by atoms with E-state index >= 15 is 0 Å². The zero-order chi connectivity index (χ0) is 19.2. The van der Waals surface area contributed by atoms with Gasteiger partial charge in [0, 0.05) is 21.5 Å². The molecule has 1 N–H and O–H groups in total. The van der Waals surface area contributed by atoms with Crippen LogP contribution in [0, 0.1) is 0 Å². The lowest BCUT2D eigenvalue weighted by atomic mass is 10.1. The van der Waals surface area contributed by atoms with Gasteiger partial charge in [-0.15, -0.1) is 16.9 Å². The average Bonchev–Trinajstić information content (AvgIpc) is 3.23. The Morgan fingerprint density at radius 2 is 1.89 bits per heavy atom. The normalized spacial score (nSPS) is 11.6. The Balaban J connectivity index is 1.74. The number of ether oxygens (including phenoxy) is 1. The van der Waals surface area contributed by atoms with E-state index in [0.717, 1.165) is 16.2 Å². The maximum Gasteiger partial charge on any atom is 0.318 e. The first-order chi connectivity index (χ1) is 13.1. The van der Waals surface area contributed by atoms with Crippen LogP contribution < -0.4 is 5.32 Å². The molecular formula is C19H17N3O3S2. The minimum Gasteiger partial charge on any atom is -0.468 e. The Kier molecular flexibility index (Phi) is 6.20. The molecule has 2 aromatic carbocycles. The molecule has 1 atom stereocenters. The fraction of sp³-hybridized carbons (Fsp3) is 0.158. The van der Waals surface area contributed by atoms with Crippen LogP contribution in [0.15, 0.2) is 58.8 Å². The molecule has 138 valence electrons. The van der Waals surface area contributed by atoms with Crippen LogP contribution in [0.25, 0.3) is 11.3 Å². The van der Waals surface area contributed by atoms with Crippen molar-refractivity contribution in [2.24, 2.45) is 0 Å². The monoisotopic (exact) mass is 399 g/mol. The van der Waals surface area contributed by atoms with Gasteiger partial charge in [-0.05, 0) is 42.7 Å².